The minimum Gasteiger partial charge on any atom is -0.371 e. The summed E-state index contributed by atoms with van der Waals surface area (Å²) in [5.74, 6) is 1.55. The van der Waals surface area contributed by atoms with E-state index in [9.17, 15) is 19.7 Å². The summed E-state index contributed by atoms with van der Waals surface area (Å²) in [7, 11) is 0. The van der Waals surface area contributed by atoms with Gasteiger partial charge >= 0.3 is 0 Å². The van der Waals surface area contributed by atoms with Gasteiger partial charge in [-0.15, -0.1) is 6.42 Å². The lowest BCUT2D eigenvalue weighted by Crippen LogP contribution is -2.30. The molecule has 7 heteroatoms. The van der Waals surface area contributed by atoms with Gasteiger partial charge in [0.25, 0.3) is 5.69 Å². The number of nitrogens with zero attached hydrogens (tertiary/aromatic N) is 1. The Hall–Kier alpha value is -3.66. The first kappa shape index (κ1) is 17.7. The lowest BCUT2D eigenvalue weighted by molar-refractivity contribution is -0.384. The number of hydrogen-bond donors (Lipinski definition) is 2. The van der Waals surface area contributed by atoms with E-state index < -0.39 is 10.8 Å². The fraction of sp³-hybridized carbons (Fsp3) is 0.111. The maximum atomic E-state index is 12.4. The number of amides is 1. The molecule has 0 fully saturated rings. The molecule has 7 nitrogen and oxygen atoms in total. The summed E-state index contributed by atoms with van der Waals surface area (Å²) in [6.07, 6.45) is 5.03. The fourth-order valence-corrected chi connectivity index (χ4v) is 2.12. The molecule has 0 aliphatic carbocycles. The first-order valence-corrected chi connectivity index (χ1v) is 7.35. The molecule has 0 atom stereocenters. The number of rotatable bonds is 7. The number of hydrogen-bond acceptors (Lipinski definition) is 5. The quantitative estimate of drug-likeness (QED) is 0.348. The average Bonchev–Trinajstić information content (AvgIpc) is 2.64. The van der Waals surface area contributed by atoms with Crippen molar-refractivity contribution in [1.29, 1.82) is 0 Å². The van der Waals surface area contributed by atoms with Crippen molar-refractivity contribution >= 4 is 23.1 Å². The number of anilines is 1. The number of carbonyl (C=O) groups excluding carboxylic acids is 2. The number of nitro groups is 1. The zero-order chi connectivity index (χ0) is 18.2. The van der Waals surface area contributed by atoms with Crippen LogP contribution in [0.25, 0.3) is 0 Å². The zero-order valence-electron chi connectivity index (χ0n) is 13.2. The first-order valence-electron chi connectivity index (χ1n) is 7.35. The van der Waals surface area contributed by atoms with Gasteiger partial charge in [0.1, 0.15) is 5.69 Å². The molecule has 2 aromatic rings. The Morgan fingerprint density at radius 3 is 2.48 bits per heavy atom. The van der Waals surface area contributed by atoms with E-state index in [1.54, 1.807) is 30.3 Å². The molecule has 2 rings (SSSR count). The highest BCUT2D eigenvalue weighted by atomic mass is 16.6. The molecule has 25 heavy (non-hydrogen) atoms. The monoisotopic (exact) mass is 337 g/mol. The topological polar surface area (TPSA) is 101 Å². The predicted octanol–water partition coefficient (Wildman–Crippen LogP) is 1.99. The van der Waals surface area contributed by atoms with Crippen LogP contribution in [0.15, 0.2) is 48.5 Å². The number of ketones is 1. The van der Waals surface area contributed by atoms with Crippen molar-refractivity contribution < 1.29 is 14.5 Å². The number of terminal acetylenes is 1. The van der Waals surface area contributed by atoms with E-state index in [-0.39, 0.29) is 35.8 Å². The molecule has 0 aliphatic heterocycles. The third-order valence-electron chi connectivity index (χ3n) is 3.32. The highest BCUT2D eigenvalue weighted by molar-refractivity contribution is 6.09. The number of carbonyl (C=O) groups is 2. The molecule has 0 saturated carbocycles. The highest BCUT2D eigenvalue weighted by Crippen LogP contribution is 2.26. The molecule has 0 bridgehead atoms. The molecule has 0 heterocycles. The Kier molecular flexibility index (Phi) is 5.85. The van der Waals surface area contributed by atoms with E-state index in [0.717, 1.165) is 0 Å². The molecule has 0 radical (unpaired) electrons. The standard InChI is InChI=1S/C18H15N3O4/c1-2-10-19-17(22)12-20-15-9-8-14(11-16(15)21(24)25)18(23)13-6-4-3-5-7-13/h1,3-9,11,20H,10,12H2,(H,19,22). The Bertz CT molecular complexity index is 841. The predicted molar refractivity (Wildman–Crippen MR) is 93.3 cm³/mol. The van der Waals surface area contributed by atoms with E-state index in [1.807, 2.05) is 0 Å². The molecule has 2 aromatic carbocycles. The van der Waals surface area contributed by atoms with Crippen LogP contribution in [-0.2, 0) is 4.79 Å². The molecule has 0 aliphatic rings. The minimum absolute atomic E-state index is 0.0765. The Balaban J connectivity index is 2.20. The zero-order valence-corrected chi connectivity index (χ0v) is 13.2. The van der Waals surface area contributed by atoms with Crippen molar-refractivity contribution in [3.63, 3.8) is 0 Å². The maximum Gasteiger partial charge on any atom is 0.293 e. The molecular formula is C18H15N3O4. The number of nitro benzene ring substituents is 1. The van der Waals surface area contributed by atoms with E-state index in [4.69, 9.17) is 6.42 Å². The third kappa shape index (κ3) is 4.65. The third-order valence-corrected chi connectivity index (χ3v) is 3.32. The second-order valence-corrected chi connectivity index (χ2v) is 5.02. The SMILES string of the molecule is C#CCNC(=O)CNc1ccc(C(=O)c2ccccc2)cc1[N+](=O)[O-]. The summed E-state index contributed by atoms with van der Waals surface area (Å²) in [5.41, 5.74) is 0.489. The van der Waals surface area contributed by atoms with Crippen molar-refractivity contribution in [2.75, 3.05) is 18.4 Å². The van der Waals surface area contributed by atoms with Gasteiger partial charge in [0.2, 0.25) is 5.91 Å². The van der Waals surface area contributed by atoms with Crippen LogP contribution in [0.4, 0.5) is 11.4 Å². The van der Waals surface area contributed by atoms with Gasteiger partial charge in [-0.3, -0.25) is 19.7 Å². The van der Waals surface area contributed by atoms with Crippen LogP contribution < -0.4 is 10.6 Å². The van der Waals surface area contributed by atoms with Crippen LogP contribution >= 0.6 is 0 Å². The van der Waals surface area contributed by atoms with Crippen molar-refractivity contribution in [2.45, 2.75) is 0 Å². The van der Waals surface area contributed by atoms with Crippen LogP contribution in [0.2, 0.25) is 0 Å². The molecular weight excluding hydrogens is 322 g/mol. The Morgan fingerprint density at radius 2 is 1.84 bits per heavy atom. The van der Waals surface area contributed by atoms with Crippen molar-refractivity contribution in [2.24, 2.45) is 0 Å². The van der Waals surface area contributed by atoms with Gasteiger partial charge in [0.15, 0.2) is 5.78 Å². The summed E-state index contributed by atoms with van der Waals surface area (Å²) in [4.78, 5) is 34.6. The maximum absolute atomic E-state index is 12.4. The van der Waals surface area contributed by atoms with E-state index in [2.05, 4.69) is 16.6 Å². The van der Waals surface area contributed by atoms with Gasteiger partial charge in [-0.25, -0.2) is 0 Å². The molecule has 0 unspecified atom stereocenters. The molecule has 0 saturated heterocycles. The van der Waals surface area contributed by atoms with Crippen LogP contribution in [0.5, 0.6) is 0 Å². The molecule has 1 amide bonds. The van der Waals surface area contributed by atoms with Crippen molar-refractivity contribution in [3.8, 4) is 12.3 Å². The smallest absolute Gasteiger partial charge is 0.293 e. The summed E-state index contributed by atoms with van der Waals surface area (Å²) < 4.78 is 0. The van der Waals surface area contributed by atoms with Crippen LogP contribution in [-0.4, -0.2) is 29.7 Å². The molecule has 126 valence electrons. The molecule has 0 spiro atoms. The summed E-state index contributed by atoms with van der Waals surface area (Å²) in [5, 5.41) is 16.4. The first-order chi connectivity index (χ1) is 12.0. The number of nitrogens with one attached hydrogen (secondary N) is 2. The minimum atomic E-state index is -0.608. The Labute approximate surface area is 144 Å². The Morgan fingerprint density at radius 1 is 1.12 bits per heavy atom. The van der Waals surface area contributed by atoms with Gasteiger partial charge in [0.05, 0.1) is 18.0 Å². The van der Waals surface area contributed by atoms with E-state index >= 15 is 0 Å². The largest absolute Gasteiger partial charge is 0.371 e. The normalized spacial score (nSPS) is 9.72. The van der Waals surface area contributed by atoms with Crippen LogP contribution in [0, 0.1) is 22.5 Å². The summed E-state index contributed by atoms with van der Waals surface area (Å²) in [6, 6.07) is 12.5. The summed E-state index contributed by atoms with van der Waals surface area (Å²) >= 11 is 0. The lowest BCUT2D eigenvalue weighted by Gasteiger charge is -2.08. The van der Waals surface area contributed by atoms with Gasteiger partial charge in [-0.05, 0) is 12.1 Å². The second kappa shape index (κ2) is 8.26. The van der Waals surface area contributed by atoms with Gasteiger partial charge in [0, 0.05) is 17.2 Å². The van der Waals surface area contributed by atoms with Gasteiger partial charge in [-0.1, -0.05) is 36.3 Å². The number of benzene rings is 2. The van der Waals surface area contributed by atoms with Crippen LogP contribution in [0.1, 0.15) is 15.9 Å². The summed E-state index contributed by atoms with van der Waals surface area (Å²) in [6.45, 7) is -0.0956. The van der Waals surface area contributed by atoms with Gasteiger partial charge < -0.3 is 10.6 Å². The van der Waals surface area contributed by atoms with Gasteiger partial charge in [-0.2, -0.15) is 0 Å². The molecule has 0 aromatic heterocycles. The molecule has 2 N–H and O–H groups in total. The average molecular weight is 337 g/mol. The fourth-order valence-electron chi connectivity index (χ4n) is 2.12. The second-order valence-electron chi connectivity index (χ2n) is 5.02. The van der Waals surface area contributed by atoms with Crippen molar-refractivity contribution in [1.82, 2.24) is 5.32 Å². The highest BCUT2D eigenvalue weighted by Gasteiger charge is 2.18. The van der Waals surface area contributed by atoms with Crippen molar-refractivity contribution in [3.05, 3.63) is 69.8 Å². The lowest BCUT2D eigenvalue weighted by atomic mass is 10.0. The van der Waals surface area contributed by atoms with E-state index in [1.165, 1.54) is 18.2 Å². The van der Waals surface area contributed by atoms with Crippen LogP contribution in [0.3, 0.4) is 0 Å². The van der Waals surface area contributed by atoms with E-state index in [0.29, 0.717) is 5.56 Å².